The van der Waals surface area contributed by atoms with Gasteiger partial charge >= 0.3 is 0 Å². The number of nitrogens with zero attached hydrogens (tertiary/aromatic N) is 1. The smallest absolute Gasteiger partial charge is 0.251 e. The molecule has 0 saturated heterocycles. The van der Waals surface area contributed by atoms with Gasteiger partial charge in [0.2, 0.25) is 5.91 Å². The second-order valence-corrected chi connectivity index (χ2v) is 7.55. The Kier molecular flexibility index (Phi) is 5.66. The molecule has 0 aliphatic heterocycles. The highest BCUT2D eigenvalue weighted by atomic mass is 19.1. The van der Waals surface area contributed by atoms with Gasteiger partial charge in [0.05, 0.1) is 11.3 Å². The lowest BCUT2D eigenvalue weighted by molar-refractivity contribution is 0.0950. The van der Waals surface area contributed by atoms with E-state index in [-0.39, 0.29) is 35.4 Å². The molecule has 3 aromatic rings. The summed E-state index contributed by atoms with van der Waals surface area (Å²) in [5.74, 6) is -1.74. The van der Waals surface area contributed by atoms with E-state index in [0.717, 1.165) is 12.8 Å². The Bertz CT molecular complexity index is 1140. The molecule has 1 heterocycles. The molecule has 2 amide bonds. The van der Waals surface area contributed by atoms with Gasteiger partial charge in [-0.3, -0.25) is 14.6 Å². The van der Waals surface area contributed by atoms with Crippen LogP contribution in [0.2, 0.25) is 0 Å². The number of nitrogens with one attached hydrogen (secondary N) is 1. The Morgan fingerprint density at radius 3 is 2.68 bits per heavy atom. The van der Waals surface area contributed by atoms with Gasteiger partial charge in [0.25, 0.3) is 5.91 Å². The van der Waals surface area contributed by atoms with Gasteiger partial charge in [0.15, 0.2) is 11.6 Å². The van der Waals surface area contributed by atoms with Crippen LogP contribution in [0.3, 0.4) is 0 Å². The van der Waals surface area contributed by atoms with Gasteiger partial charge < -0.3 is 15.8 Å². The molecular weight excluding hydrogens is 397 g/mol. The molecule has 1 aliphatic carbocycles. The van der Waals surface area contributed by atoms with E-state index in [1.165, 1.54) is 12.1 Å². The molecular formula is C24H22FN3O3. The highest BCUT2D eigenvalue weighted by Crippen LogP contribution is 2.35. The molecule has 0 radical (unpaired) electrons. The van der Waals surface area contributed by atoms with Crippen LogP contribution in [-0.2, 0) is 6.61 Å². The number of carbonyl (C=O) groups excluding carboxylic acids is 2. The molecule has 0 unspecified atom stereocenters. The van der Waals surface area contributed by atoms with Gasteiger partial charge in [-0.2, -0.15) is 0 Å². The molecule has 7 heteroatoms. The third-order valence-corrected chi connectivity index (χ3v) is 5.16. The van der Waals surface area contributed by atoms with Crippen molar-refractivity contribution in [2.45, 2.75) is 32.4 Å². The maximum atomic E-state index is 15.6. The van der Waals surface area contributed by atoms with E-state index >= 15 is 4.39 Å². The van der Waals surface area contributed by atoms with Crippen molar-refractivity contribution < 1.29 is 18.7 Å². The predicted molar refractivity (Wildman–Crippen MR) is 114 cm³/mol. The Morgan fingerprint density at radius 2 is 2.00 bits per heavy atom. The van der Waals surface area contributed by atoms with Crippen LogP contribution in [0.15, 0.2) is 54.7 Å². The molecule has 0 atom stereocenters. The summed E-state index contributed by atoms with van der Waals surface area (Å²) >= 11 is 0. The average molecular weight is 419 g/mol. The van der Waals surface area contributed by atoms with Crippen molar-refractivity contribution in [1.29, 1.82) is 0 Å². The molecule has 158 valence electrons. The molecule has 1 fully saturated rings. The highest BCUT2D eigenvalue weighted by Gasteiger charge is 2.25. The van der Waals surface area contributed by atoms with E-state index in [2.05, 4.69) is 10.3 Å². The van der Waals surface area contributed by atoms with Crippen LogP contribution in [0.25, 0.3) is 11.1 Å². The third kappa shape index (κ3) is 4.55. The maximum Gasteiger partial charge on any atom is 0.251 e. The zero-order chi connectivity index (χ0) is 22.0. The zero-order valence-corrected chi connectivity index (χ0v) is 17.0. The van der Waals surface area contributed by atoms with Crippen molar-refractivity contribution in [3.63, 3.8) is 0 Å². The number of ether oxygens (including phenoxy) is 1. The van der Waals surface area contributed by atoms with Crippen LogP contribution in [-0.4, -0.2) is 22.8 Å². The van der Waals surface area contributed by atoms with Gasteiger partial charge in [0.1, 0.15) is 6.61 Å². The molecule has 4 rings (SSSR count). The first-order valence-corrected chi connectivity index (χ1v) is 10.0. The second kappa shape index (κ2) is 8.55. The van der Waals surface area contributed by atoms with Crippen LogP contribution in [0.1, 0.15) is 44.8 Å². The summed E-state index contributed by atoms with van der Waals surface area (Å²) in [6, 6.07) is 13.3. The van der Waals surface area contributed by atoms with Crippen molar-refractivity contribution in [3.8, 4) is 16.9 Å². The summed E-state index contributed by atoms with van der Waals surface area (Å²) in [6.45, 7) is 1.85. The van der Waals surface area contributed by atoms with Gasteiger partial charge in [0, 0.05) is 23.4 Å². The lowest BCUT2D eigenvalue weighted by Gasteiger charge is -2.16. The fraction of sp³-hybridized carbons (Fsp3) is 0.208. The second-order valence-electron chi connectivity index (χ2n) is 7.55. The van der Waals surface area contributed by atoms with Gasteiger partial charge in [-0.25, -0.2) is 4.39 Å². The van der Waals surface area contributed by atoms with Crippen molar-refractivity contribution in [2.75, 3.05) is 0 Å². The molecule has 0 spiro atoms. The van der Waals surface area contributed by atoms with E-state index in [1.54, 1.807) is 43.5 Å². The Morgan fingerprint density at radius 1 is 1.19 bits per heavy atom. The van der Waals surface area contributed by atoms with E-state index in [4.69, 9.17) is 10.5 Å². The lowest BCUT2D eigenvalue weighted by Crippen LogP contribution is -2.25. The summed E-state index contributed by atoms with van der Waals surface area (Å²) in [6.07, 6.45) is 3.54. The summed E-state index contributed by atoms with van der Waals surface area (Å²) in [4.78, 5) is 28.7. The van der Waals surface area contributed by atoms with Crippen LogP contribution in [0.5, 0.6) is 5.75 Å². The van der Waals surface area contributed by atoms with Crippen LogP contribution in [0.4, 0.5) is 4.39 Å². The standard InChI is InChI=1S/C24H22FN3O3/c1-14-5-6-15(24(30)28-16-7-8-16)12-19(14)21-18(23(26)29)9-10-20(22(21)25)31-13-17-4-2-3-11-27-17/h2-6,9-12,16H,7-8,13H2,1H3,(H2,26,29)(H,28,30). The van der Waals surface area contributed by atoms with Crippen LogP contribution < -0.4 is 15.8 Å². The molecule has 1 aliphatic rings. The highest BCUT2D eigenvalue weighted by molar-refractivity contribution is 6.02. The first-order chi connectivity index (χ1) is 14.9. The fourth-order valence-electron chi connectivity index (χ4n) is 3.30. The van der Waals surface area contributed by atoms with E-state index in [9.17, 15) is 9.59 Å². The molecule has 1 aromatic heterocycles. The minimum atomic E-state index is -0.766. The number of hydrogen-bond acceptors (Lipinski definition) is 4. The van der Waals surface area contributed by atoms with Gasteiger partial charge in [-0.05, 0) is 67.3 Å². The SMILES string of the molecule is Cc1ccc(C(=O)NC2CC2)cc1-c1c(C(N)=O)ccc(OCc2ccccn2)c1F. The number of aryl methyl sites for hydroxylation is 1. The molecule has 0 bridgehead atoms. The Balaban J connectivity index is 1.73. The number of benzene rings is 2. The third-order valence-electron chi connectivity index (χ3n) is 5.16. The minimum Gasteiger partial charge on any atom is -0.484 e. The van der Waals surface area contributed by atoms with E-state index < -0.39 is 11.7 Å². The fourth-order valence-corrected chi connectivity index (χ4v) is 3.30. The number of aromatic nitrogens is 1. The summed E-state index contributed by atoms with van der Waals surface area (Å²) in [5.41, 5.74) is 7.70. The lowest BCUT2D eigenvalue weighted by atomic mass is 9.93. The number of rotatable bonds is 7. The number of nitrogens with two attached hydrogens (primary N) is 1. The summed E-state index contributed by atoms with van der Waals surface area (Å²) in [7, 11) is 0. The molecule has 1 saturated carbocycles. The van der Waals surface area contributed by atoms with Crippen molar-refractivity contribution in [1.82, 2.24) is 10.3 Å². The minimum absolute atomic E-state index is 0.0181. The predicted octanol–water partition coefficient (Wildman–Crippen LogP) is 3.77. The number of primary amides is 1. The van der Waals surface area contributed by atoms with Crippen LogP contribution >= 0.6 is 0 Å². The van der Waals surface area contributed by atoms with Crippen molar-refractivity contribution in [2.24, 2.45) is 5.73 Å². The quantitative estimate of drug-likeness (QED) is 0.610. The Labute approximate surface area is 179 Å². The first-order valence-electron chi connectivity index (χ1n) is 10.0. The number of amides is 2. The number of carbonyl (C=O) groups is 2. The normalized spacial score (nSPS) is 13.0. The van der Waals surface area contributed by atoms with Crippen LogP contribution in [0, 0.1) is 12.7 Å². The molecule has 31 heavy (non-hydrogen) atoms. The zero-order valence-electron chi connectivity index (χ0n) is 17.0. The average Bonchev–Trinajstić information content (AvgIpc) is 3.58. The monoisotopic (exact) mass is 419 g/mol. The summed E-state index contributed by atoms with van der Waals surface area (Å²) in [5, 5.41) is 2.91. The van der Waals surface area contributed by atoms with Gasteiger partial charge in [-0.1, -0.05) is 12.1 Å². The first kappa shape index (κ1) is 20.5. The van der Waals surface area contributed by atoms with Crippen molar-refractivity contribution >= 4 is 11.8 Å². The number of halogens is 1. The Hall–Kier alpha value is -3.74. The number of hydrogen-bond donors (Lipinski definition) is 2. The van der Waals surface area contributed by atoms with Gasteiger partial charge in [-0.15, -0.1) is 0 Å². The molecule has 3 N–H and O–H groups in total. The molecule has 6 nitrogen and oxygen atoms in total. The van der Waals surface area contributed by atoms with Crippen molar-refractivity contribution in [3.05, 3.63) is 82.9 Å². The summed E-state index contributed by atoms with van der Waals surface area (Å²) < 4.78 is 21.2. The van der Waals surface area contributed by atoms with E-state index in [0.29, 0.717) is 22.4 Å². The maximum absolute atomic E-state index is 15.6. The number of pyridine rings is 1. The molecule has 2 aromatic carbocycles. The van der Waals surface area contributed by atoms with E-state index in [1.807, 2.05) is 6.07 Å². The topological polar surface area (TPSA) is 94.3 Å². The largest absolute Gasteiger partial charge is 0.484 e.